The Hall–Kier alpha value is -2.40. The lowest BCUT2D eigenvalue weighted by Crippen LogP contribution is -2.41. The van der Waals surface area contributed by atoms with Gasteiger partial charge in [0.05, 0.1) is 6.10 Å². The summed E-state index contributed by atoms with van der Waals surface area (Å²) in [5, 5.41) is 6.69. The maximum Gasteiger partial charge on any atom is 0.190 e. The van der Waals surface area contributed by atoms with E-state index >= 15 is 0 Å². The molecule has 2 aromatic rings. The van der Waals surface area contributed by atoms with Crippen molar-refractivity contribution in [2.24, 2.45) is 10.9 Å². The summed E-state index contributed by atoms with van der Waals surface area (Å²) in [4.78, 5) is 4.28. The smallest absolute Gasteiger partial charge is 0.190 e. The second kappa shape index (κ2) is 9.34. The summed E-state index contributed by atoms with van der Waals surface area (Å²) in [7, 11) is 1.76. The van der Waals surface area contributed by atoms with E-state index in [-0.39, 0.29) is 11.9 Å². The van der Waals surface area contributed by atoms with E-state index in [1.807, 2.05) is 12.1 Å². The third kappa shape index (κ3) is 5.05. The molecule has 0 aromatic heterocycles. The van der Waals surface area contributed by atoms with Gasteiger partial charge in [-0.15, -0.1) is 0 Å². The van der Waals surface area contributed by atoms with Gasteiger partial charge in [-0.2, -0.15) is 0 Å². The molecule has 1 heterocycles. The number of ether oxygens (including phenoxy) is 1. The third-order valence-corrected chi connectivity index (χ3v) is 4.69. The number of hydrogen-bond acceptors (Lipinski definition) is 2. The summed E-state index contributed by atoms with van der Waals surface area (Å²) in [6.07, 6.45) is 1.92. The number of hydrogen-bond donors (Lipinski definition) is 2. The number of nitrogens with zero attached hydrogens (tertiary/aromatic N) is 1. The van der Waals surface area contributed by atoms with Crippen LogP contribution in [0, 0.1) is 11.7 Å². The van der Waals surface area contributed by atoms with Gasteiger partial charge in [0.15, 0.2) is 5.96 Å². The van der Waals surface area contributed by atoms with Crippen molar-refractivity contribution in [3.8, 4) is 0 Å². The molecule has 26 heavy (non-hydrogen) atoms. The largest absolute Gasteiger partial charge is 0.373 e. The van der Waals surface area contributed by atoms with Crippen LogP contribution in [0.3, 0.4) is 0 Å². The molecule has 2 aromatic carbocycles. The Morgan fingerprint density at radius 2 is 2.00 bits per heavy atom. The summed E-state index contributed by atoms with van der Waals surface area (Å²) in [5.74, 6) is 0.984. The van der Waals surface area contributed by atoms with Crippen LogP contribution in [0.1, 0.15) is 23.7 Å². The quantitative estimate of drug-likeness (QED) is 0.617. The van der Waals surface area contributed by atoms with Gasteiger partial charge in [0.1, 0.15) is 5.82 Å². The Morgan fingerprint density at radius 1 is 1.15 bits per heavy atom. The number of guanidine groups is 1. The zero-order valence-electron chi connectivity index (χ0n) is 15.1. The molecule has 1 aliphatic rings. The van der Waals surface area contributed by atoms with Crippen molar-refractivity contribution in [1.82, 2.24) is 10.6 Å². The van der Waals surface area contributed by atoms with E-state index in [1.165, 1.54) is 11.6 Å². The van der Waals surface area contributed by atoms with Crippen LogP contribution < -0.4 is 10.6 Å². The predicted octanol–water partition coefficient (Wildman–Crippen LogP) is 3.31. The van der Waals surface area contributed by atoms with Crippen LogP contribution in [0.25, 0.3) is 0 Å². The molecule has 5 heteroatoms. The molecule has 4 nitrogen and oxygen atoms in total. The second-order valence-corrected chi connectivity index (χ2v) is 6.51. The van der Waals surface area contributed by atoms with Gasteiger partial charge in [0, 0.05) is 32.7 Å². The molecule has 138 valence electrons. The lowest BCUT2D eigenvalue weighted by molar-refractivity contribution is 0.0915. The Bertz CT molecular complexity index is 720. The van der Waals surface area contributed by atoms with Crippen LogP contribution in [-0.2, 0) is 11.2 Å². The van der Waals surface area contributed by atoms with E-state index in [0.717, 1.165) is 37.5 Å². The summed E-state index contributed by atoms with van der Waals surface area (Å²) >= 11 is 0. The molecule has 1 saturated heterocycles. The molecule has 2 atom stereocenters. The van der Waals surface area contributed by atoms with E-state index in [4.69, 9.17) is 4.74 Å². The second-order valence-electron chi connectivity index (χ2n) is 6.51. The van der Waals surface area contributed by atoms with Gasteiger partial charge in [0.25, 0.3) is 0 Å². The van der Waals surface area contributed by atoms with Crippen LogP contribution in [0.4, 0.5) is 4.39 Å². The molecule has 0 radical (unpaired) electrons. The number of aliphatic imine (C=N–C) groups is 1. The van der Waals surface area contributed by atoms with Gasteiger partial charge in [-0.1, -0.05) is 42.5 Å². The molecule has 0 amide bonds. The van der Waals surface area contributed by atoms with E-state index in [2.05, 4.69) is 39.9 Å². The van der Waals surface area contributed by atoms with Gasteiger partial charge in [-0.05, 0) is 36.1 Å². The van der Waals surface area contributed by atoms with Crippen molar-refractivity contribution < 1.29 is 9.13 Å². The van der Waals surface area contributed by atoms with Crippen LogP contribution >= 0.6 is 0 Å². The Balaban J connectivity index is 1.46. The van der Waals surface area contributed by atoms with Gasteiger partial charge in [-0.25, -0.2) is 4.39 Å². The molecule has 0 saturated carbocycles. The minimum Gasteiger partial charge on any atom is -0.373 e. The molecular formula is C21H26FN3O. The molecule has 3 rings (SSSR count). The van der Waals surface area contributed by atoms with E-state index in [0.29, 0.717) is 12.5 Å². The Morgan fingerprint density at radius 3 is 2.77 bits per heavy atom. The highest BCUT2D eigenvalue weighted by Gasteiger charge is 2.29. The van der Waals surface area contributed by atoms with Crippen molar-refractivity contribution in [2.75, 3.05) is 26.7 Å². The fraction of sp³-hybridized carbons (Fsp3) is 0.381. The monoisotopic (exact) mass is 355 g/mol. The molecule has 0 spiro atoms. The highest BCUT2D eigenvalue weighted by Crippen LogP contribution is 2.33. The fourth-order valence-corrected chi connectivity index (χ4v) is 3.32. The van der Waals surface area contributed by atoms with Crippen LogP contribution in [0.5, 0.6) is 0 Å². The SMILES string of the molecule is CN=C(NCCc1cccc(F)c1)NCC1CCOC1c1ccccc1. The van der Waals surface area contributed by atoms with Gasteiger partial charge in [-0.3, -0.25) is 4.99 Å². The van der Waals surface area contributed by atoms with E-state index in [1.54, 1.807) is 19.2 Å². The number of benzene rings is 2. The van der Waals surface area contributed by atoms with Crippen molar-refractivity contribution in [1.29, 1.82) is 0 Å². The van der Waals surface area contributed by atoms with Crippen LogP contribution in [0.15, 0.2) is 59.6 Å². The molecular weight excluding hydrogens is 329 g/mol. The maximum absolute atomic E-state index is 13.2. The first-order valence-electron chi connectivity index (χ1n) is 9.12. The minimum atomic E-state index is -0.196. The lowest BCUT2D eigenvalue weighted by atomic mass is 9.95. The average Bonchev–Trinajstić information content (AvgIpc) is 3.14. The molecule has 0 aliphatic carbocycles. The minimum absolute atomic E-state index is 0.133. The van der Waals surface area contributed by atoms with Crippen molar-refractivity contribution in [3.05, 3.63) is 71.5 Å². The van der Waals surface area contributed by atoms with Gasteiger partial charge in [0.2, 0.25) is 0 Å². The highest BCUT2D eigenvalue weighted by atomic mass is 19.1. The maximum atomic E-state index is 13.2. The summed E-state index contributed by atoms with van der Waals surface area (Å²) in [6.45, 7) is 2.29. The fourth-order valence-electron chi connectivity index (χ4n) is 3.32. The van der Waals surface area contributed by atoms with Gasteiger partial charge >= 0.3 is 0 Å². The standard InChI is InChI=1S/C21H26FN3O/c1-23-21(24-12-10-16-6-5-9-19(22)14-16)25-15-18-11-13-26-20(18)17-7-3-2-4-8-17/h2-9,14,18,20H,10-13,15H2,1H3,(H2,23,24,25). The topological polar surface area (TPSA) is 45.7 Å². The lowest BCUT2D eigenvalue weighted by Gasteiger charge is -2.21. The van der Waals surface area contributed by atoms with Crippen LogP contribution in [0.2, 0.25) is 0 Å². The van der Waals surface area contributed by atoms with E-state index < -0.39 is 0 Å². The summed E-state index contributed by atoms with van der Waals surface area (Å²) in [5.41, 5.74) is 2.20. The number of halogens is 1. The average molecular weight is 355 g/mol. The molecule has 0 bridgehead atoms. The normalized spacial score (nSPS) is 20.2. The molecule has 2 N–H and O–H groups in total. The molecule has 1 aliphatic heterocycles. The first kappa shape index (κ1) is 18.4. The Kier molecular flexibility index (Phi) is 6.61. The van der Waals surface area contributed by atoms with Crippen molar-refractivity contribution in [2.45, 2.75) is 18.9 Å². The highest BCUT2D eigenvalue weighted by molar-refractivity contribution is 5.79. The van der Waals surface area contributed by atoms with Crippen molar-refractivity contribution >= 4 is 5.96 Å². The molecule has 2 unspecified atom stereocenters. The number of rotatable bonds is 6. The predicted molar refractivity (Wildman–Crippen MR) is 103 cm³/mol. The zero-order chi connectivity index (χ0) is 18.2. The zero-order valence-corrected chi connectivity index (χ0v) is 15.1. The van der Waals surface area contributed by atoms with Gasteiger partial charge < -0.3 is 15.4 Å². The summed E-state index contributed by atoms with van der Waals surface area (Å²) < 4.78 is 19.2. The number of nitrogens with one attached hydrogen (secondary N) is 2. The van der Waals surface area contributed by atoms with Crippen LogP contribution in [-0.4, -0.2) is 32.7 Å². The first-order valence-corrected chi connectivity index (χ1v) is 9.12. The Labute approximate surface area is 154 Å². The third-order valence-electron chi connectivity index (χ3n) is 4.69. The van der Waals surface area contributed by atoms with E-state index in [9.17, 15) is 4.39 Å². The first-order chi connectivity index (χ1) is 12.8. The van der Waals surface area contributed by atoms with Crippen molar-refractivity contribution in [3.63, 3.8) is 0 Å². The molecule has 1 fully saturated rings. The summed E-state index contributed by atoms with van der Waals surface area (Å²) in [6, 6.07) is 17.1.